The second-order valence-electron chi connectivity index (χ2n) is 3.75. The van der Waals surface area contributed by atoms with Crippen LogP contribution in [-0.4, -0.2) is 17.7 Å². The Morgan fingerprint density at radius 1 is 1.71 bits per heavy atom. The monoisotopic (exact) mass is 231 g/mol. The van der Waals surface area contributed by atoms with Gasteiger partial charge in [0.15, 0.2) is 0 Å². The normalized spacial score (nSPS) is 24.1. The summed E-state index contributed by atoms with van der Waals surface area (Å²) in [5.74, 6) is 0. The highest BCUT2D eigenvalue weighted by Crippen LogP contribution is 2.33. The van der Waals surface area contributed by atoms with Crippen molar-refractivity contribution in [2.75, 3.05) is 6.54 Å². The molecule has 14 heavy (non-hydrogen) atoms. The number of thiophene rings is 1. The van der Waals surface area contributed by atoms with E-state index in [0.29, 0.717) is 0 Å². The summed E-state index contributed by atoms with van der Waals surface area (Å²) in [7, 11) is 0. The van der Waals surface area contributed by atoms with E-state index < -0.39 is 6.10 Å². The number of aliphatic hydroxyl groups is 1. The molecule has 1 aromatic rings. The van der Waals surface area contributed by atoms with Crippen LogP contribution in [-0.2, 0) is 0 Å². The highest BCUT2D eigenvalue weighted by atomic mass is 35.5. The van der Waals surface area contributed by atoms with Crippen molar-refractivity contribution in [2.45, 2.75) is 31.9 Å². The third-order valence-corrected chi connectivity index (χ3v) is 4.27. The Morgan fingerprint density at radius 3 is 3.00 bits per heavy atom. The van der Waals surface area contributed by atoms with E-state index in [9.17, 15) is 5.11 Å². The van der Waals surface area contributed by atoms with Gasteiger partial charge >= 0.3 is 0 Å². The minimum Gasteiger partial charge on any atom is -0.386 e. The number of hydrogen-bond donors (Lipinski definition) is 2. The number of rotatable bonds is 2. The number of aliphatic hydroxyl groups excluding tert-OH is 1. The molecule has 2 unspecified atom stereocenters. The predicted octanol–water partition coefficient (Wildman–Crippen LogP) is 2.50. The zero-order valence-corrected chi connectivity index (χ0v) is 9.66. The molecule has 0 spiro atoms. The summed E-state index contributed by atoms with van der Waals surface area (Å²) in [6.07, 6.45) is 1.81. The van der Waals surface area contributed by atoms with E-state index in [0.717, 1.165) is 34.2 Å². The summed E-state index contributed by atoms with van der Waals surface area (Å²) in [5.41, 5.74) is 1.06. The van der Waals surface area contributed by atoms with Crippen molar-refractivity contribution < 1.29 is 5.11 Å². The third-order valence-electron chi connectivity index (χ3n) is 2.65. The molecule has 2 nitrogen and oxygen atoms in total. The molecule has 4 heteroatoms. The van der Waals surface area contributed by atoms with Crippen LogP contribution in [0.15, 0.2) is 6.07 Å². The van der Waals surface area contributed by atoms with Gasteiger partial charge in [-0.25, -0.2) is 0 Å². The van der Waals surface area contributed by atoms with Crippen LogP contribution in [0.5, 0.6) is 0 Å². The molecule has 0 aromatic carbocycles. The Balaban J connectivity index is 2.13. The molecule has 2 atom stereocenters. The number of hydrogen-bond acceptors (Lipinski definition) is 3. The fourth-order valence-corrected chi connectivity index (χ4v) is 3.08. The molecule has 1 saturated heterocycles. The standard InChI is InChI=1S/C10H14ClNOS/c1-6-5-8(14-10(6)11)9(13)7-3-2-4-12-7/h5,7,9,12-13H,2-4H2,1H3. The molecule has 2 rings (SSSR count). The lowest BCUT2D eigenvalue weighted by Gasteiger charge is -2.16. The summed E-state index contributed by atoms with van der Waals surface area (Å²) >= 11 is 7.45. The van der Waals surface area contributed by atoms with Gasteiger partial charge in [0.2, 0.25) is 0 Å². The minimum atomic E-state index is -0.395. The highest BCUT2D eigenvalue weighted by molar-refractivity contribution is 7.16. The van der Waals surface area contributed by atoms with E-state index in [1.54, 1.807) is 0 Å². The molecule has 1 aliphatic heterocycles. The molecule has 1 aliphatic rings. The molecular weight excluding hydrogens is 218 g/mol. The van der Waals surface area contributed by atoms with Crippen LogP contribution in [0.4, 0.5) is 0 Å². The molecule has 0 radical (unpaired) electrons. The van der Waals surface area contributed by atoms with E-state index >= 15 is 0 Å². The summed E-state index contributed by atoms with van der Waals surface area (Å²) in [6.45, 7) is 2.98. The fraction of sp³-hybridized carbons (Fsp3) is 0.600. The Kier molecular flexibility index (Phi) is 3.12. The first-order valence-electron chi connectivity index (χ1n) is 4.86. The zero-order valence-electron chi connectivity index (χ0n) is 8.09. The van der Waals surface area contributed by atoms with Gasteiger partial charge in [-0.15, -0.1) is 11.3 Å². The fourth-order valence-electron chi connectivity index (χ4n) is 1.81. The Labute approximate surface area is 92.9 Å². The van der Waals surface area contributed by atoms with E-state index in [2.05, 4.69) is 5.32 Å². The number of aryl methyl sites for hydroxylation is 1. The maximum Gasteiger partial charge on any atom is 0.103 e. The van der Waals surface area contributed by atoms with Crippen molar-refractivity contribution in [3.8, 4) is 0 Å². The predicted molar refractivity (Wildman–Crippen MR) is 60.1 cm³/mol. The van der Waals surface area contributed by atoms with Gasteiger partial charge in [-0.3, -0.25) is 0 Å². The molecule has 0 saturated carbocycles. The van der Waals surface area contributed by atoms with Gasteiger partial charge in [-0.1, -0.05) is 11.6 Å². The van der Waals surface area contributed by atoms with E-state index in [1.807, 2.05) is 13.0 Å². The quantitative estimate of drug-likeness (QED) is 0.820. The lowest BCUT2D eigenvalue weighted by Crippen LogP contribution is -2.28. The molecule has 0 aliphatic carbocycles. The lowest BCUT2D eigenvalue weighted by molar-refractivity contribution is 0.141. The maximum absolute atomic E-state index is 10.0. The topological polar surface area (TPSA) is 32.3 Å². The summed E-state index contributed by atoms with van der Waals surface area (Å²) in [4.78, 5) is 0.979. The van der Waals surface area contributed by atoms with Crippen LogP contribution in [0.1, 0.15) is 29.4 Å². The molecule has 2 heterocycles. The van der Waals surface area contributed by atoms with E-state index in [1.165, 1.54) is 11.3 Å². The van der Waals surface area contributed by atoms with Crippen molar-refractivity contribution in [3.05, 3.63) is 20.8 Å². The van der Waals surface area contributed by atoms with Crippen LogP contribution in [0, 0.1) is 6.92 Å². The molecular formula is C10H14ClNOS. The molecule has 0 bridgehead atoms. The first-order valence-corrected chi connectivity index (χ1v) is 6.05. The largest absolute Gasteiger partial charge is 0.386 e. The van der Waals surface area contributed by atoms with Gasteiger partial charge in [-0.05, 0) is 37.9 Å². The van der Waals surface area contributed by atoms with Gasteiger partial charge in [0.05, 0.1) is 4.34 Å². The van der Waals surface area contributed by atoms with Crippen molar-refractivity contribution in [1.82, 2.24) is 5.32 Å². The van der Waals surface area contributed by atoms with Crippen molar-refractivity contribution in [1.29, 1.82) is 0 Å². The first kappa shape index (κ1) is 10.4. The average Bonchev–Trinajstić information content (AvgIpc) is 2.76. The number of nitrogens with one attached hydrogen (secondary N) is 1. The molecule has 0 amide bonds. The van der Waals surface area contributed by atoms with Crippen LogP contribution < -0.4 is 5.32 Å². The van der Waals surface area contributed by atoms with E-state index in [4.69, 9.17) is 11.6 Å². The maximum atomic E-state index is 10.0. The second-order valence-corrected chi connectivity index (χ2v) is 5.44. The van der Waals surface area contributed by atoms with Crippen molar-refractivity contribution in [2.24, 2.45) is 0 Å². The van der Waals surface area contributed by atoms with Gasteiger partial charge in [0, 0.05) is 10.9 Å². The van der Waals surface area contributed by atoms with Crippen molar-refractivity contribution >= 4 is 22.9 Å². The summed E-state index contributed by atoms with van der Waals surface area (Å²) in [5, 5.41) is 13.3. The SMILES string of the molecule is Cc1cc(C(O)C2CCCN2)sc1Cl. The molecule has 1 fully saturated rings. The first-order chi connectivity index (χ1) is 6.68. The Hall–Kier alpha value is -0.0900. The smallest absolute Gasteiger partial charge is 0.103 e. The lowest BCUT2D eigenvalue weighted by atomic mass is 10.1. The number of halogens is 1. The van der Waals surface area contributed by atoms with Gasteiger partial charge in [0.25, 0.3) is 0 Å². The van der Waals surface area contributed by atoms with E-state index in [-0.39, 0.29) is 6.04 Å². The Morgan fingerprint density at radius 2 is 2.50 bits per heavy atom. The van der Waals surface area contributed by atoms with Gasteiger partial charge in [-0.2, -0.15) is 0 Å². The van der Waals surface area contributed by atoms with Crippen molar-refractivity contribution in [3.63, 3.8) is 0 Å². The molecule has 78 valence electrons. The summed E-state index contributed by atoms with van der Waals surface area (Å²) < 4.78 is 0.789. The van der Waals surface area contributed by atoms with Crippen LogP contribution in [0.3, 0.4) is 0 Å². The summed E-state index contributed by atoms with van der Waals surface area (Å²) in [6, 6.07) is 2.20. The third kappa shape index (κ3) is 1.96. The highest BCUT2D eigenvalue weighted by Gasteiger charge is 2.25. The minimum absolute atomic E-state index is 0.212. The van der Waals surface area contributed by atoms with Crippen LogP contribution in [0.2, 0.25) is 4.34 Å². The average molecular weight is 232 g/mol. The molecule has 1 aromatic heterocycles. The molecule has 2 N–H and O–H groups in total. The van der Waals surface area contributed by atoms with Crippen LogP contribution >= 0.6 is 22.9 Å². The Bertz CT molecular complexity index is 300. The second kappa shape index (κ2) is 4.19. The van der Waals surface area contributed by atoms with Gasteiger partial charge < -0.3 is 10.4 Å². The van der Waals surface area contributed by atoms with Gasteiger partial charge in [0.1, 0.15) is 6.10 Å². The van der Waals surface area contributed by atoms with Crippen LogP contribution in [0.25, 0.3) is 0 Å². The zero-order chi connectivity index (χ0) is 10.1.